The Morgan fingerprint density at radius 1 is 1.20 bits per heavy atom. The molecule has 3 rings (SSSR count). The van der Waals surface area contributed by atoms with Gasteiger partial charge in [0.25, 0.3) is 0 Å². The normalized spacial score (nSPS) is 20.8. The molecule has 1 fully saturated rings. The van der Waals surface area contributed by atoms with E-state index < -0.39 is 0 Å². The Labute approximate surface area is 119 Å². The molecule has 106 valence electrons. The minimum Gasteiger partial charge on any atom is -0.492 e. The van der Waals surface area contributed by atoms with Crippen molar-refractivity contribution in [3.63, 3.8) is 0 Å². The number of hydrogen-bond acceptors (Lipinski definition) is 3. The van der Waals surface area contributed by atoms with E-state index in [2.05, 4.69) is 17.0 Å². The largest absolute Gasteiger partial charge is 0.492 e. The van der Waals surface area contributed by atoms with Crippen LogP contribution in [-0.4, -0.2) is 39.9 Å². The van der Waals surface area contributed by atoms with E-state index in [1.54, 1.807) is 0 Å². The molecule has 2 aromatic rings. The lowest BCUT2D eigenvalue weighted by atomic mass is 10.1. The number of nitrogens with zero attached hydrogens (tertiary/aromatic N) is 3. The van der Waals surface area contributed by atoms with Crippen LogP contribution in [0.15, 0.2) is 36.5 Å². The smallest absolute Gasteiger partial charge is 0.238 e. The lowest BCUT2D eigenvalue weighted by molar-refractivity contribution is 0.283. The number of aromatic hydroxyl groups is 1. The van der Waals surface area contributed by atoms with Gasteiger partial charge in [-0.25, -0.2) is 0 Å². The van der Waals surface area contributed by atoms with Gasteiger partial charge in [-0.3, -0.25) is 4.68 Å². The molecule has 1 unspecified atom stereocenters. The maximum atomic E-state index is 10.1. The molecule has 4 nitrogen and oxygen atoms in total. The van der Waals surface area contributed by atoms with E-state index in [0.717, 1.165) is 30.6 Å². The van der Waals surface area contributed by atoms with Crippen LogP contribution in [0.25, 0.3) is 11.1 Å². The molecule has 0 amide bonds. The summed E-state index contributed by atoms with van der Waals surface area (Å²) in [7, 11) is 2.15. The predicted molar refractivity (Wildman–Crippen MR) is 79.7 cm³/mol. The van der Waals surface area contributed by atoms with Gasteiger partial charge >= 0.3 is 0 Å². The van der Waals surface area contributed by atoms with Gasteiger partial charge in [-0.2, -0.15) is 0 Å². The fourth-order valence-electron chi connectivity index (χ4n) is 2.91. The summed E-state index contributed by atoms with van der Waals surface area (Å²) >= 11 is 0. The summed E-state index contributed by atoms with van der Waals surface area (Å²) in [6.07, 6.45) is 5.57. The highest BCUT2D eigenvalue weighted by Crippen LogP contribution is 2.30. The van der Waals surface area contributed by atoms with Crippen LogP contribution in [0.5, 0.6) is 5.88 Å². The number of rotatable bonds is 2. The summed E-state index contributed by atoms with van der Waals surface area (Å²) in [6, 6.07) is 10.3. The molecule has 1 aliphatic rings. The molecule has 0 radical (unpaired) electrons. The molecule has 1 N–H and O–H groups in total. The molecule has 0 bridgehead atoms. The van der Waals surface area contributed by atoms with E-state index in [1.807, 2.05) is 41.2 Å². The number of likely N-dealkylation sites (tertiary alicyclic amines) is 1. The number of benzene rings is 1. The number of aromatic nitrogens is 2. The van der Waals surface area contributed by atoms with Crippen molar-refractivity contribution in [2.45, 2.75) is 25.3 Å². The third kappa shape index (κ3) is 2.70. The van der Waals surface area contributed by atoms with E-state index >= 15 is 0 Å². The second-order valence-electron chi connectivity index (χ2n) is 5.62. The van der Waals surface area contributed by atoms with Crippen LogP contribution in [0, 0.1) is 0 Å². The molecule has 0 saturated carbocycles. The zero-order valence-corrected chi connectivity index (χ0v) is 11.9. The van der Waals surface area contributed by atoms with E-state index in [-0.39, 0.29) is 5.88 Å². The van der Waals surface area contributed by atoms with Crippen molar-refractivity contribution < 1.29 is 5.11 Å². The van der Waals surface area contributed by atoms with Crippen molar-refractivity contribution in [3.8, 4) is 17.0 Å². The zero-order valence-electron chi connectivity index (χ0n) is 11.9. The SMILES string of the molecule is CN1CCCCC(n2cc(-c3ccccc3)c(O)n2)C1. The van der Waals surface area contributed by atoms with Gasteiger partial charge in [0.15, 0.2) is 0 Å². The molecule has 1 atom stereocenters. The van der Waals surface area contributed by atoms with Crippen LogP contribution in [-0.2, 0) is 0 Å². The molecule has 1 aromatic carbocycles. The van der Waals surface area contributed by atoms with Crippen molar-refractivity contribution in [2.75, 3.05) is 20.1 Å². The van der Waals surface area contributed by atoms with Gasteiger partial charge in [-0.15, -0.1) is 5.10 Å². The first-order valence-corrected chi connectivity index (χ1v) is 7.26. The lowest BCUT2D eigenvalue weighted by Crippen LogP contribution is -2.26. The Morgan fingerprint density at radius 2 is 2.00 bits per heavy atom. The quantitative estimate of drug-likeness (QED) is 0.913. The monoisotopic (exact) mass is 271 g/mol. The van der Waals surface area contributed by atoms with Crippen LogP contribution >= 0.6 is 0 Å². The van der Waals surface area contributed by atoms with E-state index in [4.69, 9.17) is 0 Å². The topological polar surface area (TPSA) is 41.3 Å². The Kier molecular flexibility index (Phi) is 3.74. The highest BCUT2D eigenvalue weighted by Gasteiger charge is 2.20. The highest BCUT2D eigenvalue weighted by atomic mass is 16.3. The Balaban J connectivity index is 1.88. The van der Waals surface area contributed by atoms with Crippen LogP contribution in [0.3, 0.4) is 0 Å². The third-order valence-electron chi connectivity index (χ3n) is 4.02. The fourth-order valence-corrected chi connectivity index (χ4v) is 2.91. The summed E-state index contributed by atoms with van der Waals surface area (Å²) in [5, 5.41) is 14.4. The summed E-state index contributed by atoms with van der Waals surface area (Å²) in [5.41, 5.74) is 1.83. The molecule has 0 spiro atoms. The number of hydrogen-bond donors (Lipinski definition) is 1. The average molecular weight is 271 g/mol. The van der Waals surface area contributed by atoms with Gasteiger partial charge in [0.2, 0.25) is 5.88 Å². The second kappa shape index (κ2) is 5.67. The predicted octanol–water partition coefficient (Wildman–Crippen LogP) is 2.91. The van der Waals surface area contributed by atoms with Crippen LogP contribution in [0.4, 0.5) is 0 Å². The van der Waals surface area contributed by atoms with Crippen LogP contribution < -0.4 is 0 Å². The first-order valence-electron chi connectivity index (χ1n) is 7.26. The van der Waals surface area contributed by atoms with Crippen molar-refractivity contribution in [1.29, 1.82) is 0 Å². The number of likely N-dealkylation sites (N-methyl/N-ethyl adjacent to an activating group) is 1. The molecule has 20 heavy (non-hydrogen) atoms. The molecular formula is C16H21N3O. The van der Waals surface area contributed by atoms with Crippen molar-refractivity contribution in [3.05, 3.63) is 36.5 Å². The van der Waals surface area contributed by atoms with Gasteiger partial charge < -0.3 is 10.0 Å². The summed E-state index contributed by atoms with van der Waals surface area (Å²) in [5.74, 6) is 0.128. The van der Waals surface area contributed by atoms with Crippen molar-refractivity contribution in [1.82, 2.24) is 14.7 Å². The second-order valence-corrected chi connectivity index (χ2v) is 5.62. The molecule has 2 heterocycles. The molecule has 1 aliphatic heterocycles. The maximum absolute atomic E-state index is 10.1. The minimum atomic E-state index is 0.128. The molecule has 1 saturated heterocycles. The summed E-state index contributed by atoms with van der Waals surface area (Å²) in [4.78, 5) is 2.35. The third-order valence-corrected chi connectivity index (χ3v) is 4.02. The lowest BCUT2D eigenvalue weighted by Gasteiger charge is -2.20. The Bertz CT molecular complexity index is 564. The van der Waals surface area contributed by atoms with Gasteiger partial charge in [0.1, 0.15) is 0 Å². The van der Waals surface area contributed by atoms with Gasteiger partial charge in [-0.05, 0) is 32.0 Å². The summed E-state index contributed by atoms with van der Waals surface area (Å²) < 4.78 is 1.94. The Hall–Kier alpha value is -1.81. The van der Waals surface area contributed by atoms with Gasteiger partial charge in [0.05, 0.1) is 11.6 Å². The standard InChI is InChI=1S/C16H21N3O/c1-18-10-6-5-9-14(11-18)19-12-15(16(20)17-19)13-7-3-2-4-8-13/h2-4,7-8,12,14H,5-6,9-11H2,1H3,(H,17,20). The first kappa shape index (κ1) is 13.2. The van der Waals surface area contributed by atoms with Crippen LogP contribution in [0.2, 0.25) is 0 Å². The highest BCUT2D eigenvalue weighted by molar-refractivity contribution is 5.67. The van der Waals surface area contributed by atoms with Gasteiger partial charge in [0, 0.05) is 12.7 Å². The average Bonchev–Trinajstić information content (AvgIpc) is 2.71. The molecule has 4 heteroatoms. The minimum absolute atomic E-state index is 0.128. The first-order chi connectivity index (χ1) is 9.74. The van der Waals surface area contributed by atoms with E-state index in [9.17, 15) is 5.11 Å². The zero-order chi connectivity index (χ0) is 13.9. The Morgan fingerprint density at radius 3 is 2.80 bits per heavy atom. The maximum Gasteiger partial charge on any atom is 0.238 e. The van der Waals surface area contributed by atoms with Gasteiger partial charge in [-0.1, -0.05) is 36.8 Å². The fraction of sp³-hybridized carbons (Fsp3) is 0.438. The molecule has 0 aliphatic carbocycles. The van der Waals surface area contributed by atoms with Crippen molar-refractivity contribution >= 4 is 0 Å². The van der Waals surface area contributed by atoms with Crippen molar-refractivity contribution in [2.24, 2.45) is 0 Å². The molecular weight excluding hydrogens is 250 g/mol. The van der Waals surface area contributed by atoms with E-state index in [1.165, 1.54) is 12.8 Å². The van der Waals surface area contributed by atoms with E-state index in [0.29, 0.717) is 6.04 Å². The molecule has 1 aromatic heterocycles. The van der Waals surface area contributed by atoms with Crippen LogP contribution in [0.1, 0.15) is 25.3 Å². The summed E-state index contributed by atoms with van der Waals surface area (Å²) in [6.45, 7) is 2.14.